The van der Waals surface area contributed by atoms with Gasteiger partial charge in [-0.2, -0.15) is 13.1 Å². The molecule has 0 amide bonds. The Labute approximate surface area is 148 Å². The summed E-state index contributed by atoms with van der Waals surface area (Å²) >= 11 is 0. The van der Waals surface area contributed by atoms with Crippen LogP contribution in [-0.4, -0.2) is 56.2 Å². The molecule has 1 aromatic rings. The van der Waals surface area contributed by atoms with Gasteiger partial charge < -0.3 is 4.74 Å². The summed E-state index contributed by atoms with van der Waals surface area (Å²) in [5.41, 5.74) is 0.682. The lowest BCUT2D eigenvalue weighted by Crippen LogP contribution is -2.48. The van der Waals surface area contributed by atoms with Crippen LogP contribution in [0.1, 0.15) is 31.7 Å². The van der Waals surface area contributed by atoms with E-state index < -0.39 is 16.6 Å². The number of para-hydroxylation sites is 1. The lowest BCUT2D eigenvalue weighted by Gasteiger charge is -2.34. The zero-order valence-corrected chi connectivity index (χ0v) is 15.4. The van der Waals surface area contributed by atoms with Crippen molar-refractivity contribution in [2.24, 2.45) is 0 Å². The van der Waals surface area contributed by atoms with Gasteiger partial charge in [-0.05, 0) is 12.5 Å². The van der Waals surface area contributed by atoms with Crippen LogP contribution in [0.25, 0.3) is 0 Å². The molecule has 142 valence electrons. The van der Waals surface area contributed by atoms with Gasteiger partial charge in [-0.15, -0.1) is 0 Å². The second-order valence-corrected chi connectivity index (χ2v) is 8.27. The molecule has 2 rings (SSSR count). The Morgan fingerprint density at radius 3 is 2.44 bits per heavy atom. The minimum atomic E-state index is -3.19. The van der Waals surface area contributed by atoms with E-state index >= 15 is 0 Å². The zero-order valence-electron chi connectivity index (χ0n) is 14.5. The summed E-state index contributed by atoms with van der Waals surface area (Å²) < 4.78 is 55.7. The molecule has 8 heteroatoms. The number of halogens is 2. The van der Waals surface area contributed by atoms with Crippen LogP contribution in [0, 0.1) is 0 Å². The number of hydrogen-bond donors (Lipinski definition) is 0. The van der Waals surface area contributed by atoms with E-state index in [0.29, 0.717) is 44.7 Å². The first kappa shape index (κ1) is 20.1. The number of nitrogens with zero attached hydrogens (tertiary/aromatic N) is 2. The molecule has 25 heavy (non-hydrogen) atoms. The number of alkyl halides is 2. The third-order valence-corrected chi connectivity index (χ3v) is 6.27. The fourth-order valence-corrected chi connectivity index (χ4v) is 4.46. The van der Waals surface area contributed by atoms with E-state index in [9.17, 15) is 17.2 Å². The highest BCUT2D eigenvalue weighted by atomic mass is 32.2. The molecule has 0 aliphatic carbocycles. The lowest BCUT2D eigenvalue weighted by molar-refractivity contribution is -0.0508. The van der Waals surface area contributed by atoms with Gasteiger partial charge in [-0.1, -0.05) is 38.0 Å². The van der Waals surface area contributed by atoms with Gasteiger partial charge in [0, 0.05) is 38.3 Å². The van der Waals surface area contributed by atoms with Gasteiger partial charge in [0.2, 0.25) is 10.0 Å². The fourth-order valence-electron chi connectivity index (χ4n) is 2.92. The van der Waals surface area contributed by atoms with Crippen molar-refractivity contribution in [1.29, 1.82) is 0 Å². The molecule has 1 heterocycles. The van der Waals surface area contributed by atoms with Crippen LogP contribution < -0.4 is 4.74 Å². The molecule has 1 saturated heterocycles. The summed E-state index contributed by atoms with van der Waals surface area (Å²) in [6, 6.07) is 6.71. The van der Waals surface area contributed by atoms with Crippen molar-refractivity contribution in [3.63, 3.8) is 0 Å². The predicted octanol–water partition coefficient (Wildman–Crippen LogP) is 2.93. The first-order valence-electron chi connectivity index (χ1n) is 8.65. The van der Waals surface area contributed by atoms with Crippen LogP contribution in [-0.2, 0) is 16.6 Å². The van der Waals surface area contributed by atoms with Gasteiger partial charge in [0.25, 0.3) is 0 Å². The highest BCUT2D eigenvalue weighted by molar-refractivity contribution is 7.89. The molecule has 1 aromatic carbocycles. The second kappa shape index (κ2) is 9.45. The number of sulfonamides is 1. The molecule has 0 N–H and O–H groups in total. The number of piperazine rings is 1. The Balaban J connectivity index is 1.89. The van der Waals surface area contributed by atoms with Crippen molar-refractivity contribution < 1.29 is 21.9 Å². The van der Waals surface area contributed by atoms with Crippen LogP contribution in [0.4, 0.5) is 8.78 Å². The first-order chi connectivity index (χ1) is 11.9. The van der Waals surface area contributed by atoms with Gasteiger partial charge >= 0.3 is 6.61 Å². The van der Waals surface area contributed by atoms with Crippen LogP contribution in [0.5, 0.6) is 5.75 Å². The largest absolute Gasteiger partial charge is 0.434 e. The minimum absolute atomic E-state index is 0.173. The van der Waals surface area contributed by atoms with E-state index in [1.165, 1.54) is 6.07 Å². The smallest absolute Gasteiger partial charge is 0.387 e. The normalized spacial score (nSPS) is 17.1. The van der Waals surface area contributed by atoms with Crippen molar-refractivity contribution in [1.82, 2.24) is 9.21 Å². The Morgan fingerprint density at radius 1 is 1.12 bits per heavy atom. The molecular weight excluding hydrogens is 350 g/mol. The number of hydrogen-bond acceptors (Lipinski definition) is 4. The van der Waals surface area contributed by atoms with Crippen molar-refractivity contribution in [3.05, 3.63) is 29.8 Å². The maximum Gasteiger partial charge on any atom is 0.387 e. The fraction of sp³-hybridized carbons (Fsp3) is 0.647. The van der Waals surface area contributed by atoms with E-state index in [4.69, 9.17) is 0 Å². The Hall–Kier alpha value is -1.25. The summed E-state index contributed by atoms with van der Waals surface area (Å²) in [6.07, 6.45) is 2.60. The summed E-state index contributed by atoms with van der Waals surface area (Å²) in [7, 11) is -3.19. The highest BCUT2D eigenvalue weighted by Crippen LogP contribution is 2.22. The Bertz CT molecular complexity index is 633. The highest BCUT2D eigenvalue weighted by Gasteiger charge is 2.26. The average molecular weight is 376 g/mol. The molecule has 1 fully saturated rings. The third kappa shape index (κ3) is 6.20. The number of unbranched alkanes of at least 4 members (excludes halogenated alkanes) is 2. The summed E-state index contributed by atoms with van der Waals surface area (Å²) in [4.78, 5) is 2.06. The molecule has 0 bridgehead atoms. The summed E-state index contributed by atoms with van der Waals surface area (Å²) in [5.74, 6) is 0.374. The molecule has 5 nitrogen and oxygen atoms in total. The molecule has 0 unspecified atom stereocenters. The van der Waals surface area contributed by atoms with Crippen molar-refractivity contribution in [2.75, 3.05) is 31.9 Å². The van der Waals surface area contributed by atoms with Crippen molar-refractivity contribution in [2.45, 2.75) is 39.3 Å². The maximum absolute atomic E-state index is 12.5. The van der Waals surface area contributed by atoms with E-state index in [2.05, 4.69) is 9.64 Å². The molecule has 1 aliphatic rings. The maximum atomic E-state index is 12.5. The van der Waals surface area contributed by atoms with E-state index in [1.54, 1.807) is 22.5 Å². The molecule has 0 atom stereocenters. The van der Waals surface area contributed by atoms with Gasteiger partial charge in [-0.3, -0.25) is 4.90 Å². The van der Waals surface area contributed by atoms with E-state index in [0.717, 1.165) is 12.8 Å². The first-order valence-corrected chi connectivity index (χ1v) is 10.3. The van der Waals surface area contributed by atoms with Gasteiger partial charge in [-0.25, -0.2) is 8.42 Å². The topological polar surface area (TPSA) is 49.9 Å². The molecule has 0 saturated carbocycles. The molecule has 0 spiro atoms. The molecule has 1 aliphatic heterocycles. The van der Waals surface area contributed by atoms with Crippen LogP contribution in [0.3, 0.4) is 0 Å². The molecule has 0 radical (unpaired) electrons. The van der Waals surface area contributed by atoms with Gasteiger partial charge in [0.1, 0.15) is 5.75 Å². The third-order valence-electron chi connectivity index (χ3n) is 4.31. The molecule has 0 aromatic heterocycles. The SMILES string of the molecule is CCCCCS(=O)(=O)N1CCN(Cc2ccccc2OC(F)F)CC1. The number of ether oxygens (including phenoxy) is 1. The van der Waals surface area contributed by atoms with Crippen LogP contribution in [0.15, 0.2) is 24.3 Å². The molecular formula is C17H26F2N2O3S. The Morgan fingerprint density at radius 2 is 1.80 bits per heavy atom. The Kier molecular flexibility index (Phi) is 7.58. The van der Waals surface area contributed by atoms with Crippen LogP contribution >= 0.6 is 0 Å². The standard InChI is InChI=1S/C17H26F2N2O3S/c1-2-3-6-13-25(22,23)21-11-9-20(10-12-21)14-15-7-4-5-8-16(15)24-17(18)19/h4-5,7-8,17H,2-3,6,9-14H2,1H3. The monoisotopic (exact) mass is 376 g/mol. The zero-order chi connectivity index (χ0) is 18.3. The average Bonchev–Trinajstić information content (AvgIpc) is 2.57. The van der Waals surface area contributed by atoms with Gasteiger partial charge in [0.15, 0.2) is 0 Å². The van der Waals surface area contributed by atoms with E-state index in [-0.39, 0.29) is 11.5 Å². The quantitative estimate of drug-likeness (QED) is 0.622. The summed E-state index contributed by atoms with van der Waals surface area (Å²) in [6.45, 7) is 1.68. The second-order valence-electron chi connectivity index (χ2n) is 6.18. The summed E-state index contributed by atoms with van der Waals surface area (Å²) in [5, 5.41) is 0. The van der Waals surface area contributed by atoms with Crippen LogP contribution in [0.2, 0.25) is 0 Å². The predicted molar refractivity (Wildman–Crippen MR) is 93.2 cm³/mol. The number of benzene rings is 1. The van der Waals surface area contributed by atoms with Crippen molar-refractivity contribution in [3.8, 4) is 5.75 Å². The van der Waals surface area contributed by atoms with E-state index in [1.807, 2.05) is 6.92 Å². The van der Waals surface area contributed by atoms with Gasteiger partial charge in [0.05, 0.1) is 5.75 Å². The van der Waals surface area contributed by atoms with Crippen molar-refractivity contribution >= 4 is 10.0 Å². The lowest BCUT2D eigenvalue weighted by atomic mass is 10.2. The number of rotatable bonds is 9. The minimum Gasteiger partial charge on any atom is -0.434 e.